The molecule has 21 heavy (non-hydrogen) atoms. The van der Waals surface area contributed by atoms with Crippen LogP contribution in [0.4, 0.5) is 4.39 Å². The monoisotopic (exact) mass is 305 g/mol. The molecule has 3 rings (SSSR count). The van der Waals surface area contributed by atoms with Crippen molar-refractivity contribution >= 4 is 22.7 Å². The third-order valence-electron chi connectivity index (χ3n) is 3.47. The fourth-order valence-corrected chi connectivity index (χ4v) is 2.67. The minimum absolute atomic E-state index is 0.317. The van der Waals surface area contributed by atoms with Gasteiger partial charge in [-0.05, 0) is 47.9 Å². The maximum absolute atomic E-state index is 13.5. The van der Waals surface area contributed by atoms with E-state index >= 15 is 0 Å². The Labute approximate surface area is 125 Å². The van der Waals surface area contributed by atoms with Gasteiger partial charge in [0.1, 0.15) is 5.82 Å². The van der Waals surface area contributed by atoms with Crippen LogP contribution in [0, 0.1) is 12.7 Å². The van der Waals surface area contributed by atoms with Gasteiger partial charge in [-0.3, -0.25) is 4.57 Å². The van der Waals surface area contributed by atoms with Crippen LogP contribution in [0.5, 0.6) is 0 Å². The highest BCUT2D eigenvalue weighted by Gasteiger charge is 2.15. The molecule has 0 N–H and O–H groups in total. The number of aromatic nitrogens is 1. The summed E-state index contributed by atoms with van der Waals surface area (Å²) in [5.41, 5.74) is 3.40. The van der Waals surface area contributed by atoms with Crippen LogP contribution in [-0.2, 0) is 7.05 Å². The zero-order chi connectivity index (χ0) is 15.1. The van der Waals surface area contributed by atoms with Crippen molar-refractivity contribution in [3.63, 3.8) is 0 Å². The van der Waals surface area contributed by atoms with Gasteiger partial charge in [-0.2, -0.15) is 0 Å². The van der Waals surface area contributed by atoms with E-state index in [9.17, 15) is 9.18 Å². The second-order valence-corrected chi connectivity index (χ2v) is 5.52. The van der Waals surface area contributed by atoms with Gasteiger partial charge in [0.05, 0.1) is 10.9 Å². The van der Waals surface area contributed by atoms with Crippen molar-refractivity contribution in [2.24, 2.45) is 7.05 Å². The molecular weight excluding hydrogens is 293 g/mol. The zero-order valence-electron chi connectivity index (χ0n) is 11.6. The molecule has 1 unspecified atom stereocenters. The summed E-state index contributed by atoms with van der Waals surface area (Å²) in [6.45, 7) is 1.82. The largest absolute Gasteiger partial charge is 0.419 e. The molecule has 1 aromatic heterocycles. The van der Waals surface area contributed by atoms with E-state index in [4.69, 9.17) is 16.0 Å². The molecule has 0 aliphatic carbocycles. The van der Waals surface area contributed by atoms with Crippen molar-refractivity contribution in [3.05, 3.63) is 69.5 Å². The van der Waals surface area contributed by atoms with Gasteiger partial charge >= 0.3 is 5.76 Å². The number of oxazole rings is 1. The number of benzene rings is 2. The Balaban J connectivity index is 2.08. The fraction of sp³-hybridized carbons (Fsp3) is 0.188. The normalized spacial score (nSPS) is 12.8. The van der Waals surface area contributed by atoms with Crippen molar-refractivity contribution in [3.8, 4) is 0 Å². The average molecular weight is 306 g/mol. The summed E-state index contributed by atoms with van der Waals surface area (Å²) in [6, 6.07) is 10.0. The van der Waals surface area contributed by atoms with E-state index in [0.29, 0.717) is 16.7 Å². The van der Waals surface area contributed by atoms with E-state index in [1.54, 1.807) is 19.2 Å². The molecule has 2 aromatic carbocycles. The smallest absolute Gasteiger partial charge is 0.408 e. The number of aryl methyl sites for hydroxylation is 2. The molecule has 1 atom stereocenters. The predicted molar refractivity (Wildman–Crippen MR) is 80.3 cm³/mol. The summed E-state index contributed by atoms with van der Waals surface area (Å²) in [5.74, 6) is -0.738. The van der Waals surface area contributed by atoms with E-state index in [1.807, 2.05) is 19.1 Å². The first kappa shape index (κ1) is 13.9. The molecule has 0 radical (unpaired) electrons. The SMILES string of the molecule is Cc1cc(F)cc(C(Cl)c2ccc3c(c2)oc(=O)n3C)c1. The van der Waals surface area contributed by atoms with Crippen molar-refractivity contribution in [1.82, 2.24) is 4.57 Å². The Hall–Kier alpha value is -2.07. The Bertz CT molecular complexity index is 861. The maximum Gasteiger partial charge on any atom is 0.419 e. The lowest BCUT2D eigenvalue weighted by atomic mass is 10.0. The first-order valence-electron chi connectivity index (χ1n) is 6.46. The molecule has 5 heteroatoms. The van der Waals surface area contributed by atoms with Crippen LogP contribution in [0.25, 0.3) is 11.1 Å². The van der Waals surface area contributed by atoms with E-state index in [2.05, 4.69) is 0 Å². The highest BCUT2D eigenvalue weighted by Crippen LogP contribution is 2.31. The zero-order valence-corrected chi connectivity index (χ0v) is 12.3. The summed E-state index contributed by atoms with van der Waals surface area (Å²) in [6.07, 6.45) is 0. The molecule has 0 saturated heterocycles. The third-order valence-corrected chi connectivity index (χ3v) is 3.97. The molecule has 0 aliphatic rings. The van der Waals surface area contributed by atoms with E-state index in [0.717, 1.165) is 11.1 Å². The molecule has 0 spiro atoms. The molecule has 108 valence electrons. The van der Waals surface area contributed by atoms with Gasteiger partial charge < -0.3 is 4.42 Å². The van der Waals surface area contributed by atoms with Gasteiger partial charge in [0, 0.05) is 7.05 Å². The Morgan fingerprint density at radius 2 is 1.95 bits per heavy atom. The number of nitrogens with zero attached hydrogens (tertiary/aromatic N) is 1. The topological polar surface area (TPSA) is 35.1 Å². The van der Waals surface area contributed by atoms with E-state index in [1.165, 1.54) is 16.7 Å². The summed E-state index contributed by atoms with van der Waals surface area (Å²) < 4.78 is 20.1. The molecule has 0 fully saturated rings. The lowest BCUT2D eigenvalue weighted by molar-refractivity contribution is 0.528. The molecular formula is C16H13ClFNO2. The number of hydrogen-bond acceptors (Lipinski definition) is 2. The summed E-state index contributed by atoms with van der Waals surface area (Å²) in [7, 11) is 1.64. The molecule has 1 heterocycles. The summed E-state index contributed by atoms with van der Waals surface area (Å²) in [5, 5.41) is -0.505. The number of halogens is 2. The maximum atomic E-state index is 13.5. The molecule has 0 bridgehead atoms. The first-order valence-corrected chi connectivity index (χ1v) is 6.90. The number of alkyl halides is 1. The van der Waals surface area contributed by atoms with Gasteiger partial charge in [-0.15, -0.1) is 11.6 Å². The minimum atomic E-state index is -0.505. The van der Waals surface area contributed by atoms with Crippen molar-refractivity contribution in [2.75, 3.05) is 0 Å². The molecule has 3 aromatic rings. The molecule has 3 nitrogen and oxygen atoms in total. The van der Waals surface area contributed by atoms with Gasteiger partial charge in [-0.1, -0.05) is 12.1 Å². The Kier molecular flexibility index (Phi) is 3.33. The first-order chi connectivity index (χ1) is 9.95. The highest BCUT2D eigenvalue weighted by molar-refractivity contribution is 6.22. The van der Waals surface area contributed by atoms with Gasteiger partial charge in [0.25, 0.3) is 0 Å². The Morgan fingerprint density at radius 3 is 2.67 bits per heavy atom. The third kappa shape index (κ3) is 2.47. The minimum Gasteiger partial charge on any atom is -0.408 e. The van der Waals surface area contributed by atoms with Crippen LogP contribution >= 0.6 is 11.6 Å². The quantitative estimate of drug-likeness (QED) is 0.673. The van der Waals surface area contributed by atoms with Crippen molar-refractivity contribution in [1.29, 1.82) is 0 Å². The van der Waals surface area contributed by atoms with Crippen molar-refractivity contribution in [2.45, 2.75) is 12.3 Å². The number of fused-ring (bicyclic) bond motifs is 1. The van der Waals surface area contributed by atoms with Gasteiger partial charge in [-0.25, -0.2) is 9.18 Å². The fourth-order valence-electron chi connectivity index (χ4n) is 2.41. The highest BCUT2D eigenvalue weighted by atomic mass is 35.5. The summed E-state index contributed by atoms with van der Waals surface area (Å²) >= 11 is 6.43. The van der Waals surface area contributed by atoms with Crippen LogP contribution in [0.15, 0.2) is 45.6 Å². The lowest BCUT2D eigenvalue weighted by Crippen LogP contribution is -2.08. The number of rotatable bonds is 2. The van der Waals surface area contributed by atoms with Gasteiger partial charge in [0.2, 0.25) is 0 Å². The van der Waals surface area contributed by atoms with Crippen LogP contribution in [0.3, 0.4) is 0 Å². The lowest BCUT2D eigenvalue weighted by Gasteiger charge is -2.11. The summed E-state index contributed by atoms with van der Waals surface area (Å²) in [4.78, 5) is 11.5. The van der Waals surface area contributed by atoms with E-state index in [-0.39, 0.29) is 5.82 Å². The van der Waals surface area contributed by atoms with Crippen LogP contribution in [0.1, 0.15) is 22.1 Å². The number of hydrogen-bond donors (Lipinski definition) is 0. The van der Waals surface area contributed by atoms with E-state index < -0.39 is 11.1 Å². The molecule has 0 amide bonds. The van der Waals surface area contributed by atoms with Crippen molar-refractivity contribution < 1.29 is 8.81 Å². The molecule has 0 saturated carbocycles. The second-order valence-electron chi connectivity index (χ2n) is 5.08. The standard InChI is InChI=1S/C16H13ClFNO2/c1-9-5-11(7-12(18)6-9)15(17)10-3-4-13-14(8-10)21-16(20)19(13)2/h3-8,15H,1-2H3. The van der Waals surface area contributed by atoms with Crippen LogP contribution in [0.2, 0.25) is 0 Å². The Morgan fingerprint density at radius 1 is 1.19 bits per heavy atom. The van der Waals surface area contributed by atoms with Crippen LogP contribution < -0.4 is 5.76 Å². The predicted octanol–water partition coefficient (Wildman–Crippen LogP) is 3.91. The second kappa shape index (κ2) is 5.04. The average Bonchev–Trinajstić information content (AvgIpc) is 2.71. The van der Waals surface area contributed by atoms with Crippen LogP contribution in [-0.4, -0.2) is 4.57 Å². The van der Waals surface area contributed by atoms with Gasteiger partial charge in [0.15, 0.2) is 5.58 Å². The molecule has 0 aliphatic heterocycles.